The Kier molecular flexibility index (Phi) is 3.60. The van der Waals surface area contributed by atoms with Crippen LogP contribution in [0.5, 0.6) is 0 Å². The van der Waals surface area contributed by atoms with Gasteiger partial charge in [0.1, 0.15) is 0 Å². The maximum atomic E-state index is 5.94. The zero-order valence-electron chi connectivity index (χ0n) is 11.2. The molecule has 0 aliphatic heterocycles. The first kappa shape index (κ1) is 12.3. The van der Waals surface area contributed by atoms with E-state index in [9.17, 15) is 0 Å². The van der Waals surface area contributed by atoms with Crippen LogP contribution in [-0.4, -0.2) is 6.04 Å². The summed E-state index contributed by atoms with van der Waals surface area (Å²) in [6.07, 6.45) is 3.88. The highest BCUT2D eigenvalue weighted by Crippen LogP contribution is 2.32. The van der Waals surface area contributed by atoms with Gasteiger partial charge >= 0.3 is 0 Å². The Morgan fingerprint density at radius 1 is 1.18 bits per heavy atom. The molecule has 0 aromatic heterocycles. The molecule has 0 spiro atoms. The van der Waals surface area contributed by atoms with E-state index in [2.05, 4.69) is 32.2 Å². The molecule has 1 saturated carbocycles. The van der Waals surface area contributed by atoms with E-state index in [1.807, 2.05) is 12.1 Å². The summed E-state index contributed by atoms with van der Waals surface area (Å²) in [4.78, 5) is 0. The smallest absolute Gasteiger partial charge is 0.0392 e. The lowest BCUT2D eigenvalue weighted by atomic mass is 9.79. The number of nitrogens with two attached hydrogens (primary N) is 1. The highest BCUT2D eigenvalue weighted by molar-refractivity contribution is 5.63. The first-order valence-electron chi connectivity index (χ1n) is 6.69. The number of anilines is 2. The van der Waals surface area contributed by atoms with E-state index in [0.29, 0.717) is 6.04 Å². The third-order valence-electron chi connectivity index (χ3n) is 4.33. The Hall–Kier alpha value is -1.18. The van der Waals surface area contributed by atoms with Crippen LogP contribution < -0.4 is 11.1 Å². The van der Waals surface area contributed by atoms with Gasteiger partial charge < -0.3 is 11.1 Å². The minimum absolute atomic E-state index is 0.613. The Labute approximate surface area is 105 Å². The highest BCUT2D eigenvalue weighted by Gasteiger charge is 2.24. The van der Waals surface area contributed by atoms with E-state index in [4.69, 9.17) is 5.73 Å². The summed E-state index contributed by atoms with van der Waals surface area (Å²) in [6, 6.07) is 6.74. The van der Waals surface area contributed by atoms with E-state index in [1.165, 1.54) is 30.5 Å². The first-order chi connectivity index (χ1) is 8.08. The minimum Gasteiger partial charge on any atom is -0.398 e. The van der Waals surface area contributed by atoms with Crippen molar-refractivity contribution in [1.29, 1.82) is 0 Å². The van der Waals surface area contributed by atoms with E-state index in [-0.39, 0.29) is 0 Å². The molecule has 1 fully saturated rings. The summed E-state index contributed by atoms with van der Waals surface area (Å²) >= 11 is 0. The molecule has 3 N–H and O–H groups in total. The molecule has 0 radical (unpaired) electrons. The molecule has 2 heteroatoms. The Morgan fingerprint density at radius 3 is 2.65 bits per heavy atom. The lowest BCUT2D eigenvalue weighted by Gasteiger charge is -2.33. The maximum Gasteiger partial charge on any atom is 0.0392 e. The van der Waals surface area contributed by atoms with E-state index < -0.39 is 0 Å². The molecule has 3 unspecified atom stereocenters. The number of nitrogens with one attached hydrogen (secondary N) is 1. The second-order valence-electron chi connectivity index (χ2n) is 5.63. The standard InChI is InChI=1S/C15H24N2/c1-10-7-8-13(9-11(10)2)17-15-6-4-5-14(16)12(15)3/h4-6,10-11,13,17H,7-9,16H2,1-3H3. The topological polar surface area (TPSA) is 38.0 Å². The molecule has 0 heterocycles. The molecule has 3 atom stereocenters. The van der Waals surface area contributed by atoms with Gasteiger partial charge in [0.05, 0.1) is 0 Å². The largest absolute Gasteiger partial charge is 0.398 e. The summed E-state index contributed by atoms with van der Waals surface area (Å²) in [6.45, 7) is 6.82. The van der Waals surface area contributed by atoms with E-state index in [0.717, 1.165) is 17.5 Å². The van der Waals surface area contributed by atoms with Crippen LogP contribution in [0.2, 0.25) is 0 Å². The van der Waals surface area contributed by atoms with Gasteiger partial charge in [0.2, 0.25) is 0 Å². The molecule has 0 amide bonds. The predicted molar refractivity (Wildman–Crippen MR) is 75.2 cm³/mol. The maximum absolute atomic E-state index is 5.94. The second-order valence-corrected chi connectivity index (χ2v) is 5.63. The van der Waals surface area contributed by atoms with E-state index >= 15 is 0 Å². The summed E-state index contributed by atoms with van der Waals surface area (Å²) < 4.78 is 0. The zero-order valence-corrected chi connectivity index (χ0v) is 11.2. The van der Waals surface area contributed by atoms with Crippen LogP contribution in [0, 0.1) is 18.8 Å². The number of hydrogen-bond acceptors (Lipinski definition) is 2. The third kappa shape index (κ3) is 2.74. The van der Waals surface area contributed by atoms with Crippen molar-refractivity contribution in [3.63, 3.8) is 0 Å². The summed E-state index contributed by atoms with van der Waals surface area (Å²) in [5.41, 5.74) is 9.20. The molecule has 2 rings (SSSR count). The van der Waals surface area contributed by atoms with E-state index in [1.54, 1.807) is 0 Å². The van der Waals surface area contributed by atoms with Gasteiger partial charge in [-0.3, -0.25) is 0 Å². The van der Waals surface area contributed by atoms with Crippen molar-refractivity contribution in [2.45, 2.75) is 46.1 Å². The molecule has 94 valence electrons. The van der Waals surface area contributed by atoms with Crippen LogP contribution in [0.15, 0.2) is 18.2 Å². The van der Waals surface area contributed by atoms with Crippen molar-refractivity contribution in [2.75, 3.05) is 11.1 Å². The normalized spacial score (nSPS) is 29.0. The van der Waals surface area contributed by atoms with Gasteiger partial charge in [0.25, 0.3) is 0 Å². The molecule has 1 aromatic carbocycles. The van der Waals surface area contributed by atoms with Gasteiger partial charge in [0.15, 0.2) is 0 Å². The van der Waals surface area contributed by atoms with Crippen LogP contribution in [0.4, 0.5) is 11.4 Å². The summed E-state index contributed by atoms with van der Waals surface area (Å²) in [5.74, 6) is 1.69. The quantitative estimate of drug-likeness (QED) is 0.761. The van der Waals surface area contributed by atoms with Crippen molar-refractivity contribution in [3.05, 3.63) is 23.8 Å². The molecule has 0 saturated heterocycles. The first-order valence-corrected chi connectivity index (χ1v) is 6.69. The van der Waals surface area contributed by atoms with Gasteiger partial charge in [-0.15, -0.1) is 0 Å². The lowest BCUT2D eigenvalue weighted by molar-refractivity contribution is 0.261. The van der Waals surface area contributed by atoms with Crippen LogP contribution in [0.25, 0.3) is 0 Å². The number of benzene rings is 1. The van der Waals surface area contributed by atoms with Crippen molar-refractivity contribution in [3.8, 4) is 0 Å². The molecule has 17 heavy (non-hydrogen) atoms. The van der Waals surface area contributed by atoms with Gasteiger partial charge in [0, 0.05) is 17.4 Å². The average Bonchev–Trinajstić information content (AvgIpc) is 2.30. The summed E-state index contributed by atoms with van der Waals surface area (Å²) in [5, 5.41) is 3.66. The van der Waals surface area contributed by atoms with Gasteiger partial charge in [-0.05, 0) is 55.7 Å². The fourth-order valence-corrected chi connectivity index (χ4v) is 2.71. The van der Waals surface area contributed by atoms with Crippen LogP contribution in [-0.2, 0) is 0 Å². The lowest BCUT2D eigenvalue weighted by Crippen LogP contribution is -2.30. The van der Waals surface area contributed by atoms with Gasteiger partial charge in [-0.2, -0.15) is 0 Å². The molecule has 1 aromatic rings. The summed E-state index contributed by atoms with van der Waals surface area (Å²) in [7, 11) is 0. The third-order valence-corrected chi connectivity index (χ3v) is 4.33. The fourth-order valence-electron chi connectivity index (χ4n) is 2.71. The monoisotopic (exact) mass is 232 g/mol. The fraction of sp³-hybridized carbons (Fsp3) is 0.600. The number of rotatable bonds is 2. The van der Waals surface area contributed by atoms with Crippen molar-refractivity contribution >= 4 is 11.4 Å². The Balaban J connectivity index is 2.04. The Bertz CT molecular complexity index is 387. The average molecular weight is 232 g/mol. The zero-order chi connectivity index (χ0) is 12.4. The van der Waals surface area contributed by atoms with Crippen LogP contribution >= 0.6 is 0 Å². The van der Waals surface area contributed by atoms with Crippen molar-refractivity contribution in [2.24, 2.45) is 11.8 Å². The van der Waals surface area contributed by atoms with Crippen molar-refractivity contribution < 1.29 is 0 Å². The van der Waals surface area contributed by atoms with Crippen LogP contribution in [0.1, 0.15) is 38.7 Å². The Morgan fingerprint density at radius 2 is 1.94 bits per heavy atom. The molecule has 1 aliphatic rings. The van der Waals surface area contributed by atoms with Crippen LogP contribution in [0.3, 0.4) is 0 Å². The molecular formula is C15H24N2. The van der Waals surface area contributed by atoms with Crippen molar-refractivity contribution in [1.82, 2.24) is 0 Å². The van der Waals surface area contributed by atoms with Gasteiger partial charge in [-0.1, -0.05) is 19.9 Å². The molecule has 2 nitrogen and oxygen atoms in total. The number of nitrogen functional groups attached to an aromatic ring is 1. The number of hydrogen-bond donors (Lipinski definition) is 2. The SMILES string of the molecule is Cc1c(N)cccc1NC1CCC(C)C(C)C1. The molecular weight excluding hydrogens is 208 g/mol. The highest BCUT2D eigenvalue weighted by atomic mass is 14.9. The predicted octanol–water partition coefficient (Wildman–Crippen LogP) is 3.81. The molecule has 0 bridgehead atoms. The van der Waals surface area contributed by atoms with Gasteiger partial charge in [-0.25, -0.2) is 0 Å². The minimum atomic E-state index is 0.613. The second kappa shape index (κ2) is 4.99. The molecule has 1 aliphatic carbocycles.